The number of benzene rings is 2. The van der Waals surface area contributed by atoms with Gasteiger partial charge in [0, 0.05) is 36.7 Å². The van der Waals surface area contributed by atoms with E-state index in [1.54, 1.807) is 0 Å². The van der Waals surface area contributed by atoms with E-state index >= 15 is 0 Å². The average Bonchev–Trinajstić information content (AvgIpc) is 3.94. The normalized spacial score (nSPS) is 22.7. The molecule has 5 atom stereocenters. The third kappa shape index (κ3) is 8.62. The molecule has 1 aliphatic carbocycles. The highest BCUT2D eigenvalue weighted by atomic mass is 16.5. The molecule has 9 nitrogen and oxygen atoms in total. The first-order chi connectivity index (χ1) is 27.2. The van der Waals surface area contributed by atoms with E-state index in [1.165, 1.54) is 0 Å². The SMILES string of the molecule is CCCCC[C@@H](O)[C@@H](CCCCC)C(=O)CCc1ccc2c(c1)O[C@@H]1[C@@H](C#C[C@H](O)c3ccc(C(N)N)cc3CC3=CN=C4CN1C=C34)C1(C#CO2)CCCC1. The summed E-state index contributed by atoms with van der Waals surface area (Å²) in [5, 5.41) is 22.8. The van der Waals surface area contributed by atoms with Crippen LogP contribution < -0.4 is 20.9 Å². The summed E-state index contributed by atoms with van der Waals surface area (Å²) in [6.07, 6.45) is 16.9. The Bertz CT molecular complexity index is 1990. The standard InChI is InChI=1S/C47H58N4O5/c1-3-5-7-11-36(40(52)12-8-6-4-2)42(54)18-13-31-14-20-43-44(25-31)56-46-38(47(23-24-55-43)21-9-10-22-47)17-19-41(53)35-16-15-32(45(48)49)26-33(35)27-34-28-50-39-30-51(46)29-37(34)39/h14-16,20,25-26,28-29,36,38,40-41,45-46,52-53H,3-13,18,21-22,27,30,48-49H2,1-2H3/t36-,38-,40-,41+,46-/m1/s1. The largest absolute Gasteiger partial charge is 0.465 e. The summed E-state index contributed by atoms with van der Waals surface area (Å²) in [5.41, 5.74) is 18.0. The van der Waals surface area contributed by atoms with Gasteiger partial charge in [0.15, 0.2) is 17.7 Å². The Morgan fingerprint density at radius 3 is 2.57 bits per heavy atom. The van der Waals surface area contributed by atoms with Crippen LogP contribution in [0, 0.1) is 41.1 Å². The lowest BCUT2D eigenvalue weighted by Gasteiger charge is -2.39. The second-order valence-electron chi connectivity index (χ2n) is 16.4. The number of carbonyl (C=O) groups is 1. The fourth-order valence-electron chi connectivity index (χ4n) is 9.12. The van der Waals surface area contributed by atoms with E-state index in [9.17, 15) is 15.0 Å². The second kappa shape index (κ2) is 17.8. The molecule has 0 radical (unpaired) electrons. The minimum Gasteiger partial charge on any atom is -0.465 e. The summed E-state index contributed by atoms with van der Waals surface area (Å²) in [4.78, 5) is 20.8. The van der Waals surface area contributed by atoms with Crippen molar-refractivity contribution < 1.29 is 24.5 Å². The molecule has 0 unspecified atom stereocenters. The molecule has 1 fully saturated rings. The Morgan fingerprint density at radius 1 is 1.02 bits per heavy atom. The quantitative estimate of drug-likeness (QED) is 0.0893. The van der Waals surface area contributed by atoms with Crippen molar-refractivity contribution in [2.75, 3.05) is 6.54 Å². The zero-order chi connectivity index (χ0) is 39.2. The van der Waals surface area contributed by atoms with Crippen LogP contribution >= 0.6 is 0 Å². The van der Waals surface area contributed by atoms with E-state index in [1.807, 2.05) is 42.6 Å². The number of fused-ring (bicyclic) bond motifs is 6. The minimum atomic E-state index is -1.06. The molecule has 56 heavy (non-hydrogen) atoms. The van der Waals surface area contributed by atoms with Crippen molar-refractivity contribution in [2.45, 2.75) is 135 Å². The van der Waals surface area contributed by atoms with Crippen molar-refractivity contribution in [2.24, 2.45) is 33.7 Å². The van der Waals surface area contributed by atoms with Gasteiger partial charge < -0.3 is 36.1 Å². The number of unbranched alkanes of at least 4 members (excludes halogenated alkanes) is 4. The number of hydrogen-bond donors (Lipinski definition) is 4. The van der Waals surface area contributed by atoms with Crippen molar-refractivity contribution >= 4 is 11.5 Å². The second-order valence-corrected chi connectivity index (χ2v) is 16.4. The van der Waals surface area contributed by atoms with Gasteiger partial charge in [0.1, 0.15) is 18.0 Å². The van der Waals surface area contributed by atoms with Crippen LogP contribution in [-0.4, -0.2) is 45.5 Å². The number of hydrogen-bond acceptors (Lipinski definition) is 9. The molecule has 2 bridgehead atoms. The molecule has 0 saturated heterocycles. The molecule has 7 rings (SSSR count). The molecule has 296 valence electrons. The van der Waals surface area contributed by atoms with Gasteiger partial charge >= 0.3 is 0 Å². The number of aliphatic hydroxyl groups is 2. The first-order valence-corrected chi connectivity index (χ1v) is 21.0. The highest BCUT2D eigenvalue weighted by molar-refractivity contribution is 6.09. The maximum atomic E-state index is 13.7. The molecule has 4 aliphatic heterocycles. The molecular weight excluding hydrogens is 701 g/mol. The smallest absolute Gasteiger partial charge is 0.187 e. The van der Waals surface area contributed by atoms with Gasteiger partial charge in [-0.1, -0.05) is 107 Å². The molecule has 2 aromatic carbocycles. The summed E-state index contributed by atoms with van der Waals surface area (Å²) < 4.78 is 13.3. The van der Waals surface area contributed by atoms with Crippen molar-refractivity contribution in [3.63, 3.8) is 0 Å². The highest BCUT2D eigenvalue weighted by Gasteiger charge is 2.48. The summed E-state index contributed by atoms with van der Waals surface area (Å²) >= 11 is 0. The van der Waals surface area contributed by atoms with E-state index in [2.05, 4.69) is 48.8 Å². The third-order valence-electron chi connectivity index (χ3n) is 12.4. The van der Waals surface area contributed by atoms with E-state index in [0.717, 1.165) is 104 Å². The molecule has 1 saturated carbocycles. The molecular formula is C47H58N4O5. The Morgan fingerprint density at radius 2 is 1.80 bits per heavy atom. The van der Waals surface area contributed by atoms with E-state index in [4.69, 9.17) is 25.9 Å². The highest BCUT2D eigenvalue weighted by Crippen LogP contribution is 2.49. The molecule has 1 spiro atoms. The van der Waals surface area contributed by atoms with Gasteiger partial charge in [-0.2, -0.15) is 0 Å². The lowest BCUT2D eigenvalue weighted by Crippen LogP contribution is -2.47. The van der Waals surface area contributed by atoms with Crippen LogP contribution in [0.2, 0.25) is 0 Å². The lowest BCUT2D eigenvalue weighted by molar-refractivity contribution is -0.126. The number of ether oxygens (including phenoxy) is 2. The number of ketones is 1. The van der Waals surface area contributed by atoms with Gasteiger partial charge in [-0.3, -0.25) is 9.79 Å². The molecule has 9 heteroatoms. The molecule has 5 aliphatic rings. The first kappa shape index (κ1) is 39.8. The number of carbonyl (C=O) groups excluding carboxylic acids is 1. The number of rotatable bonds is 14. The van der Waals surface area contributed by atoms with Gasteiger partial charge in [-0.15, -0.1) is 0 Å². The number of allylic oxidation sites excluding steroid dienone is 1. The molecule has 0 amide bonds. The van der Waals surface area contributed by atoms with Crippen LogP contribution in [0.5, 0.6) is 11.5 Å². The van der Waals surface area contributed by atoms with Gasteiger partial charge in [0.2, 0.25) is 0 Å². The Labute approximate surface area is 332 Å². The summed E-state index contributed by atoms with van der Waals surface area (Å²) in [6.45, 7) is 4.85. The summed E-state index contributed by atoms with van der Waals surface area (Å²) in [5.74, 6) is 10.7. The zero-order valence-corrected chi connectivity index (χ0v) is 33.1. The van der Waals surface area contributed by atoms with Gasteiger partial charge in [-0.05, 0) is 72.1 Å². The molecule has 4 heterocycles. The predicted molar refractivity (Wildman–Crippen MR) is 219 cm³/mol. The average molecular weight is 759 g/mol. The summed E-state index contributed by atoms with van der Waals surface area (Å²) in [7, 11) is 0. The molecule has 2 aromatic rings. The Kier molecular flexibility index (Phi) is 12.7. The Hall–Kier alpha value is -4.38. The van der Waals surface area contributed by atoms with E-state index in [-0.39, 0.29) is 11.7 Å². The third-order valence-corrected chi connectivity index (χ3v) is 12.4. The monoisotopic (exact) mass is 758 g/mol. The van der Waals surface area contributed by atoms with E-state index in [0.29, 0.717) is 49.3 Å². The molecule has 6 N–H and O–H groups in total. The van der Waals surface area contributed by atoms with Crippen molar-refractivity contribution in [3.05, 3.63) is 82.2 Å². The van der Waals surface area contributed by atoms with E-state index < -0.39 is 35.9 Å². The van der Waals surface area contributed by atoms with Crippen LogP contribution in [0.4, 0.5) is 0 Å². The van der Waals surface area contributed by atoms with Gasteiger partial charge in [-0.25, -0.2) is 0 Å². The number of nitrogens with two attached hydrogens (primary N) is 2. The zero-order valence-electron chi connectivity index (χ0n) is 33.1. The maximum absolute atomic E-state index is 13.7. The number of aliphatic hydroxyl groups excluding tert-OH is 2. The fraction of sp³-hybridized carbons (Fsp3) is 0.532. The first-order valence-electron chi connectivity index (χ1n) is 21.0. The van der Waals surface area contributed by atoms with Gasteiger partial charge in [0.05, 0.1) is 35.9 Å². The lowest BCUT2D eigenvalue weighted by atomic mass is 9.73. The van der Waals surface area contributed by atoms with Crippen LogP contribution in [0.25, 0.3) is 0 Å². The van der Waals surface area contributed by atoms with Crippen LogP contribution in [0.3, 0.4) is 0 Å². The van der Waals surface area contributed by atoms with Crippen molar-refractivity contribution in [3.8, 4) is 35.4 Å². The van der Waals surface area contributed by atoms with Crippen LogP contribution in [0.1, 0.15) is 132 Å². The van der Waals surface area contributed by atoms with Crippen molar-refractivity contribution in [1.82, 2.24) is 4.90 Å². The molecule has 0 aromatic heterocycles. The van der Waals surface area contributed by atoms with Crippen molar-refractivity contribution in [1.29, 1.82) is 0 Å². The van der Waals surface area contributed by atoms with Crippen LogP contribution in [-0.2, 0) is 17.6 Å². The minimum absolute atomic E-state index is 0.122. The van der Waals surface area contributed by atoms with Gasteiger partial charge in [0.25, 0.3) is 0 Å². The van der Waals surface area contributed by atoms with Crippen LogP contribution in [0.15, 0.2) is 64.9 Å². The number of aliphatic imine (C=N–C) groups is 1. The number of aryl methyl sites for hydroxylation is 1. The number of nitrogens with zero attached hydrogens (tertiary/aromatic N) is 2. The summed E-state index contributed by atoms with van der Waals surface area (Å²) in [6, 6.07) is 11.6. The fourth-order valence-corrected chi connectivity index (χ4v) is 9.12. The topological polar surface area (TPSA) is 144 Å². The Balaban J connectivity index is 1.21. The maximum Gasteiger partial charge on any atom is 0.187 e. The number of Topliss-reactive ketones (excluding diaryl/α,β-unsaturated/α-hetero) is 1. The predicted octanol–water partition coefficient (Wildman–Crippen LogP) is 7.31.